The van der Waals surface area contributed by atoms with Gasteiger partial charge in [-0.05, 0) is 54.7 Å². The molecule has 4 heterocycles. The summed E-state index contributed by atoms with van der Waals surface area (Å²) in [7, 11) is 0. The lowest BCUT2D eigenvalue weighted by atomic mass is 9.66. The summed E-state index contributed by atoms with van der Waals surface area (Å²) in [5.41, 5.74) is 3.24. The van der Waals surface area contributed by atoms with Crippen LogP contribution in [0.3, 0.4) is 0 Å². The second-order valence-corrected chi connectivity index (χ2v) is 11.4. The second-order valence-electron chi connectivity index (χ2n) is 11.4. The number of hydrogen-bond acceptors (Lipinski definition) is 5. The molecule has 4 aliphatic rings. The Labute approximate surface area is 230 Å². The van der Waals surface area contributed by atoms with Crippen LogP contribution >= 0.6 is 0 Å². The largest absolute Gasteiger partial charge is 0.416 e. The Morgan fingerprint density at radius 1 is 1.00 bits per heavy atom. The molecular formula is C30H31F3N4O3. The number of nitrogens with zero attached hydrogens (tertiary/aromatic N) is 3. The van der Waals surface area contributed by atoms with Crippen molar-refractivity contribution in [1.29, 1.82) is 0 Å². The maximum atomic E-state index is 13.1. The average Bonchev–Trinajstić information content (AvgIpc) is 3.24. The van der Waals surface area contributed by atoms with Crippen LogP contribution in [0, 0.1) is 5.41 Å². The highest BCUT2D eigenvalue weighted by Gasteiger charge is 2.43. The minimum Gasteiger partial charge on any atom is -0.321 e. The van der Waals surface area contributed by atoms with Crippen LogP contribution in [0.1, 0.15) is 77.8 Å². The average molecular weight is 553 g/mol. The van der Waals surface area contributed by atoms with Crippen molar-refractivity contribution in [3.05, 3.63) is 70.6 Å². The van der Waals surface area contributed by atoms with Gasteiger partial charge in [0.25, 0.3) is 5.91 Å². The molecule has 3 amide bonds. The molecule has 0 radical (unpaired) electrons. The summed E-state index contributed by atoms with van der Waals surface area (Å²) in [6.45, 7) is 2.24. The lowest BCUT2D eigenvalue weighted by molar-refractivity contribution is -0.138. The topological polar surface area (TPSA) is 82.6 Å². The van der Waals surface area contributed by atoms with Crippen LogP contribution in [0.15, 0.2) is 42.5 Å². The molecule has 1 aromatic carbocycles. The number of rotatable bonds is 4. The molecule has 2 fully saturated rings. The quantitative estimate of drug-likeness (QED) is 0.556. The highest BCUT2D eigenvalue weighted by atomic mass is 19.4. The van der Waals surface area contributed by atoms with Crippen molar-refractivity contribution in [3.63, 3.8) is 0 Å². The highest BCUT2D eigenvalue weighted by Crippen LogP contribution is 2.49. The SMILES string of the molecule is O=C1CCC(N2Cc3nc(C4=CCN(Cc5ccc(C(F)(F)F)cc5)CC45CCCCC5)ccc3C2=O)C(=O)N1. The summed E-state index contributed by atoms with van der Waals surface area (Å²) in [5.74, 6) is -1.00. The number of amides is 3. The third-order valence-corrected chi connectivity index (χ3v) is 8.80. The fraction of sp³-hybridized carbons (Fsp3) is 0.467. The molecule has 210 valence electrons. The molecule has 6 rings (SSSR count). The van der Waals surface area contributed by atoms with Crippen LogP contribution in [-0.4, -0.2) is 51.6 Å². The summed E-state index contributed by atoms with van der Waals surface area (Å²) >= 11 is 0. The van der Waals surface area contributed by atoms with Gasteiger partial charge in [-0.25, -0.2) is 0 Å². The number of alkyl halides is 3. The zero-order valence-electron chi connectivity index (χ0n) is 22.1. The summed E-state index contributed by atoms with van der Waals surface area (Å²) < 4.78 is 39.0. The molecule has 10 heteroatoms. The minimum atomic E-state index is -4.35. The van der Waals surface area contributed by atoms with Crippen LogP contribution in [0.2, 0.25) is 0 Å². The highest BCUT2D eigenvalue weighted by molar-refractivity contribution is 6.05. The van der Waals surface area contributed by atoms with Crippen molar-refractivity contribution >= 4 is 23.3 Å². The molecule has 2 aromatic rings. The molecule has 0 bridgehead atoms. The van der Waals surface area contributed by atoms with E-state index in [2.05, 4.69) is 16.3 Å². The van der Waals surface area contributed by atoms with E-state index in [1.54, 1.807) is 18.2 Å². The monoisotopic (exact) mass is 552 g/mol. The maximum absolute atomic E-state index is 13.1. The molecule has 1 aromatic heterocycles. The number of pyridine rings is 1. The van der Waals surface area contributed by atoms with Gasteiger partial charge in [0.1, 0.15) is 6.04 Å². The predicted molar refractivity (Wildman–Crippen MR) is 140 cm³/mol. The molecule has 1 unspecified atom stereocenters. The Bertz CT molecular complexity index is 1380. The lowest BCUT2D eigenvalue weighted by Gasteiger charge is -2.46. The van der Waals surface area contributed by atoms with Gasteiger partial charge >= 0.3 is 6.18 Å². The fourth-order valence-corrected chi connectivity index (χ4v) is 6.81. The first-order chi connectivity index (χ1) is 19.1. The molecular weight excluding hydrogens is 521 g/mol. The first-order valence-corrected chi connectivity index (χ1v) is 13.9. The van der Waals surface area contributed by atoms with E-state index in [1.807, 2.05) is 6.07 Å². The lowest BCUT2D eigenvalue weighted by Crippen LogP contribution is -2.52. The third kappa shape index (κ3) is 4.93. The summed E-state index contributed by atoms with van der Waals surface area (Å²) in [6, 6.07) is 8.43. The molecule has 1 aliphatic carbocycles. The zero-order valence-corrected chi connectivity index (χ0v) is 22.1. The molecule has 1 saturated heterocycles. The van der Waals surface area contributed by atoms with E-state index in [0.717, 1.165) is 55.6 Å². The van der Waals surface area contributed by atoms with Crippen LogP contribution in [0.5, 0.6) is 0 Å². The van der Waals surface area contributed by atoms with Crippen LogP contribution < -0.4 is 5.32 Å². The third-order valence-electron chi connectivity index (χ3n) is 8.80. The molecule has 1 saturated carbocycles. The van der Waals surface area contributed by atoms with Gasteiger partial charge in [0.05, 0.1) is 29.1 Å². The number of carbonyl (C=O) groups excluding carboxylic acids is 3. The van der Waals surface area contributed by atoms with Gasteiger partial charge in [-0.1, -0.05) is 37.5 Å². The Kier molecular flexibility index (Phi) is 6.76. The van der Waals surface area contributed by atoms with Crippen LogP contribution in [-0.2, 0) is 28.9 Å². The number of hydrogen-bond donors (Lipinski definition) is 1. The van der Waals surface area contributed by atoms with E-state index in [0.29, 0.717) is 30.8 Å². The molecule has 40 heavy (non-hydrogen) atoms. The summed E-state index contributed by atoms with van der Waals surface area (Å²) in [4.78, 5) is 45.9. The van der Waals surface area contributed by atoms with Crippen molar-refractivity contribution in [1.82, 2.24) is 20.1 Å². The van der Waals surface area contributed by atoms with Crippen molar-refractivity contribution in [2.75, 3.05) is 13.1 Å². The Balaban J connectivity index is 1.24. The van der Waals surface area contributed by atoms with Crippen molar-refractivity contribution in [3.8, 4) is 0 Å². The van der Waals surface area contributed by atoms with Crippen molar-refractivity contribution < 1.29 is 27.6 Å². The van der Waals surface area contributed by atoms with Gasteiger partial charge in [-0.3, -0.25) is 29.6 Å². The minimum absolute atomic E-state index is 0.116. The fourth-order valence-electron chi connectivity index (χ4n) is 6.81. The van der Waals surface area contributed by atoms with Crippen molar-refractivity contribution in [2.45, 2.75) is 70.3 Å². The summed E-state index contributed by atoms with van der Waals surface area (Å²) in [6.07, 6.45) is 3.72. The van der Waals surface area contributed by atoms with E-state index in [1.165, 1.54) is 16.9 Å². The van der Waals surface area contributed by atoms with Gasteiger partial charge in [0.2, 0.25) is 11.8 Å². The van der Waals surface area contributed by atoms with E-state index in [-0.39, 0.29) is 30.2 Å². The van der Waals surface area contributed by atoms with Gasteiger partial charge < -0.3 is 4.90 Å². The Morgan fingerprint density at radius 3 is 2.45 bits per heavy atom. The Hall–Kier alpha value is -3.53. The van der Waals surface area contributed by atoms with E-state index >= 15 is 0 Å². The number of carbonyl (C=O) groups is 3. The van der Waals surface area contributed by atoms with Crippen LogP contribution in [0.4, 0.5) is 13.2 Å². The number of fused-ring (bicyclic) bond motifs is 1. The van der Waals surface area contributed by atoms with Gasteiger partial charge in [-0.15, -0.1) is 0 Å². The standard InChI is InChI=1S/C30H31F3N4O3/c31-30(32,33)20-6-4-19(5-7-20)16-36-15-12-22(29(18-36)13-2-1-3-14-29)23-9-8-21-24(34-23)17-37(28(21)40)25-10-11-26(38)35-27(25)39/h4-9,12,25H,1-3,10-11,13-18H2,(H,35,38,39). The molecule has 7 nitrogen and oxygen atoms in total. The second kappa shape index (κ2) is 10.1. The number of imide groups is 1. The maximum Gasteiger partial charge on any atom is 0.416 e. The molecule has 1 N–H and O–H groups in total. The van der Waals surface area contributed by atoms with E-state index in [9.17, 15) is 27.6 Å². The zero-order chi connectivity index (χ0) is 28.1. The molecule has 3 aliphatic heterocycles. The first-order valence-electron chi connectivity index (χ1n) is 13.9. The number of aromatic nitrogens is 1. The number of piperidine rings is 1. The Morgan fingerprint density at radius 2 is 1.75 bits per heavy atom. The van der Waals surface area contributed by atoms with E-state index < -0.39 is 23.7 Å². The van der Waals surface area contributed by atoms with Crippen molar-refractivity contribution in [2.24, 2.45) is 5.41 Å². The van der Waals surface area contributed by atoms with E-state index in [4.69, 9.17) is 4.98 Å². The summed E-state index contributed by atoms with van der Waals surface area (Å²) in [5, 5.41) is 2.33. The molecule has 1 atom stereocenters. The first kappa shape index (κ1) is 26.7. The number of halogens is 3. The normalized spacial score (nSPS) is 23.3. The van der Waals surface area contributed by atoms with Gasteiger partial charge in [0.15, 0.2) is 0 Å². The smallest absolute Gasteiger partial charge is 0.321 e. The van der Waals surface area contributed by atoms with Crippen LogP contribution in [0.25, 0.3) is 5.57 Å². The number of nitrogens with one attached hydrogen (secondary N) is 1. The predicted octanol–water partition coefficient (Wildman–Crippen LogP) is 4.71. The molecule has 1 spiro atoms. The number of benzene rings is 1. The van der Waals surface area contributed by atoms with Gasteiger partial charge in [-0.2, -0.15) is 13.2 Å². The van der Waals surface area contributed by atoms with Gasteiger partial charge in [0, 0.05) is 31.5 Å².